The normalized spacial score (nSPS) is 15.1. The summed E-state index contributed by atoms with van der Waals surface area (Å²) in [4.78, 5) is 0. The summed E-state index contributed by atoms with van der Waals surface area (Å²) < 4.78 is 0. The van der Waals surface area contributed by atoms with Gasteiger partial charge >= 0.3 is 0 Å². The Morgan fingerprint density at radius 1 is 1.21 bits per heavy atom. The molecule has 0 radical (unpaired) electrons. The maximum atomic E-state index is 6.10. The summed E-state index contributed by atoms with van der Waals surface area (Å²) in [5.41, 5.74) is 1.31. The quantitative estimate of drug-likeness (QED) is 0.667. The smallest absolute Gasteiger partial charge is 0.0406 e. The first-order chi connectivity index (χ1) is 6.63. The van der Waals surface area contributed by atoms with Crippen molar-refractivity contribution in [1.82, 2.24) is 0 Å². The average Bonchev–Trinajstić information content (AvgIpc) is 2.16. The van der Waals surface area contributed by atoms with Crippen LogP contribution in [0.3, 0.4) is 0 Å². The lowest BCUT2D eigenvalue weighted by Gasteiger charge is -2.17. The standard InChI is InChI=1S/C12H16Cl2/c1-3-11(9(2)13)8-10-4-6-12(14)7-5-10/h4-7,9,11H,3,8H2,1-2H3. The lowest BCUT2D eigenvalue weighted by molar-refractivity contribution is 0.497. The first-order valence-electron chi connectivity index (χ1n) is 5.02. The van der Waals surface area contributed by atoms with Crippen molar-refractivity contribution >= 4 is 23.2 Å². The van der Waals surface area contributed by atoms with E-state index in [4.69, 9.17) is 23.2 Å². The van der Waals surface area contributed by atoms with Crippen LogP contribution in [0.1, 0.15) is 25.8 Å². The average molecular weight is 231 g/mol. The van der Waals surface area contributed by atoms with Gasteiger partial charge in [0.25, 0.3) is 0 Å². The monoisotopic (exact) mass is 230 g/mol. The van der Waals surface area contributed by atoms with Crippen LogP contribution in [-0.2, 0) is 6.42 Å². The van der Waals surface area contributed by atoms with E-state index in [1.54, 1.807) is 0 Å². The molecule has 0 saturated carbocycles. The Morgan fingerprint density at radius 3 is 2.21 bits per heavy atom. The van der Waals surface area contributed by atoms with E-state index in [0.717, 1.165) is 17.9 Å². The third-order valence-corrected chi connectivity index (χ3v) is 3.19. The summed E-state index contributed by atoms with van der Waals surface area (Å²) in [6, 6.07) is 8.01. The summed E-state index contributed by atoms with van der Waals surface area (Å²) in [6.45, 7) is 4.24. The Bertz CT molecular complexity index is 264. The summed E-state index contributed by atoms with van der Waals surface area (Å²) >= 11 is 11.9. The maximum Gasteiger partial charge on any atom is 0.0406 e. The largest absolute Gasteiger partial charge is 0.123 e. The predicted molar refractivity (Wildman–Crippen MR) is 64.3 cm³/mol. The number of halogens is 2. The van der Waals surface area contributed by atoms with E-state index in [-0.39, 0.29) is 5.38 Å². The van der Waals surface area contributed by atoms with Gasteiger partial charge in [0.2, 0.25) is 0 Å². The fourth-order valence-electron chi connectivity index (χ4n) is 1.55. The molecule has 0 heterocycles. The SMILES string of the molecule is CCC(Cc1ccc(Cl)cc1)C(C)Cl. The minimum atomic E-state index is 0.232. The first-order valence-corrected chi connectivity index (χ1v) is 5.83. The summed E-state index contributed by atoms with van der Waals surface area (Å²) in [5.74, 6) is 0.554. The zero-order chi connectivity index (χ0) is 10.6. The van der Waals surface area contributed by atoms with Crippen molar-refractivity contribution < 1.29 is 0 Å². The number of alkyl halides is 1. The van der Waals surface area contributed by atoms with Crippen LogP contribution in [0.25, 0.3) is 0 Å². The Hall–Kier alpha value is -0.200. The molecule has 2 heteroatoms. The van der Waals surface area contributed by atoms with Crippen molar-refractivity contribution in [3.8, 4) is 0 Å². The highest BCUT2D eigenvalue weighted by atomic mass is 35.5. The van der Waals surface area contributed by atoms with Crippen molar-refractivity contribution in [2.24, 2.45) is 5.92 Å². The summed E-state index contributed by atoms with van der Waals surface area (Å²) in [7, 11) is 0. The van der Waals surface area contributed by atoms with Gasteiger partial charge in [-0.05, 0) is 37.0 Å². The number of hydrogen-bond donors (Lipinski definition) is 0. The van der Waals surface area contributed by atoms with Gasteiger partial charge in [0.15, 0.2) is 0 Å². The van der Waals surface area contributed by atoms with Crippen molar-refractivity contribution in [3.63, 3.8) is 0 Å². The van der Waals surface area contributed by atoms with E-state index in [1.165, 1.54) is 5.56 Å². The molecule has 0 bridgehead atoms. The fraction of sp³-hybridized carbons (Fsp3) is 0.500. The minimum Gasteiger partial charge on any atom is -0.123 e. The van der Waals surface area contributed by atoms with Crippen LogP contribution in [-0.4, -0.2) is 5.38 Å². The molecule has 0 aromatic heterocycles. The van der Waals surface area contributed by atoms with Gasteiger partial charge < -0.3 is 0 Å². The van der Waals surface area contributed by atoms with Gasteiger partial charge in [0.1, 0.15) is 0 Å². The molecule has 1 rings (SSSR count). The summed E-state index contributed by atoms with van der Waals surface area (Å²) in [5, 5.41) is 1.02. The van der Waals surface area contributed by atoms with Crippen molar-refractivity contribution in [3.05, 3.63) is 34.9 Å². The van der Waals surface area contributed by atoms with Gasteiger partial charge in [-0.1, -0.05) is 37.1 Å². The molecule has 78 valence electrons. The van der Waals surface area contributed by atoms with Gasteiger partial charge in [-0.2, -0.15) is 0 Å². The van der Waals surface area contributed by atoms with Crippen LogP contribution in [0.15, 0.2) is 24.3 Å². The molecule has 0 N–H and O–H groups in total. The number of hydrogen-bond acceptors (Lipinski definition) is 0. The Labute approximate surface area is 96.2 Å². The van der Waals surface area contributed by atoms with Crippen molar-refractivity contribution in [2.75, 3.05) is 0 Å². The second-order valence-corrected chi connectivity index (χ2v) is 4.80. The molecule has 0 nitrogen and oxygen atoms in total. The van der Waals surface area contributed by atoms with Gasteiger partial charge in [-0.25, -0.2) is 0 Å². The minimum absolute atomic E-state index is 0.232. The Kier molecular flexibility index (Phi) is 4.77. The molecule has 0 fully saturated rings. The fourth-order valence-corrected chi connectivity index (χ4v) is 1.95. The molecule has 0 aliphatic rings. The molecule has 14 heavy (non-hydrogen) atoms. The van der Waals surface area contributed by atoms with Crippen LogP contribution in [0.2, 0.25) is 5.02 Å². The van der Waals surface area contributed by atoms with Crippen molar-refractivity contribution in [1.29, 1.82) is 0 Å². The topological polar surface area (TPSA) is 0 Å². The molecule has 2 unspecified atom stereocenters. The van der Waals surface area contributed by atoms with Gasteiger partial charge in [-0.15, -0.1) is 11.6 Å². The molecule has 1 aromatic rings. The highest BCUT2D eigenvalue weighted by molar-refractivity contribution is 6.30. The van der Waals surface area contributed by atoms with E-state index in [9.17, 15) is 0 Å². The number of rotatable bonds is 4. The predicted octanol–water partition coefficient (Wildman–Crippen LogP) is 4.54. The zero-order valence-corrected chi connectivity index (χ0v) is 10.1. The van der Waals surface area contributed by atoms with Gasteiger partial charge in [-0.3, -0.25) is 0 Å². The lowest BCUT2D eigenvalue weighted by Crippen LogP contribution is -2.13. The highest BCUT2D eigenvalue weighted by Gasteiger charge is 2.13. The molecule has 2 atom stereocenters. The van der Waals surface area contributed by atoms with Crippen LogP contribution in [0, 0.1) is 5.92 Å². The lowest BCUT2D eigenvalue weighted by atomic mass is 9.94. The molecule has 0 spiro atoms. The van der Waals surface area contributed by atoms with E-state index >= 15 is 0 Å². The van der Waals surface area contributed by atoms with Gasteiger partial charge in [0, 0.05) is 10.4 Å². The molecule has 0 saturated heterocycles. The van der Waals surface area contributed by atoms with Crippen LogP contribution in [0.4, 0.5) is 0 Å². The highest BCUT2D eigenvalue weighted by Crippen LogP contribution is 2.20. The van der Waals surface area contributed by atoms with E-state index < -0.39 is 0 Å². The molecule has 0 aliphatic carbocycles. The maximum absolute atomic E-state index is 6.10. The summed E-state index contributed by atoms with van der Waals surface area (Å²) in [6.07, 6.45) is 2.16. The Balaban J connectivity index is 2.63. The second kappa shape index (κ2) is 5.63. The molecular weight excluding hydrogens is 215 g/mol. The first kappa shape index (κ1) is 11.9. The van der Waals surface area contributed by atoms with Gasteiger partial charge in [0.05, 0.1) is 0 Å². The Morgan fingerprint density at radius 2 is 1.79 bits per heavy atom. The van der Waals surface area contributed by atoms with Crippen LogP contribution < -0.4 is 0 Å². The zero-order valence-electron chi connectivity index (χ0n) is 8.63. The van der Waals surface area contributed by atoms with E-state index in [1.807, 2.05) is 12.1 Å². The van der Waals surface area contributed by atoms with E-state index in [0.29, 0.717) is 5.92 Å². The number of benzene rings is 1. The third-order valence-electron chi connectivity index (χ3n) is 2.59. The van der Waals surface area contributed by atoms with E-state index in [2.05, 4.69) is 26.0 Å². The van der Waals surface area contributed by atoms with Crippen LogP contribution in [0.5, 0.6) is 0 Å². The molecular formula is C12H16Cl2. The van der Waals surface area contributed by atoms with Crippen LogP contribution >= 0.6 is 23.2 Å². The molecule has 1 aromatic carbocycles. The molecule has 0 amide bonds. The third kappa shape index (κ3) is 3.51. The molecule has 0 aliphatic heterocycles. The second-order valence-electron chi connectivity index (χ2n) is 3.68. The van der Waals surface area contributed by atoms with Crippen molar-refractivity contribution in [2.45, 2.75) is 32.1 Å².